The third-order valence-corrected chi connectivity index (χ3v) is 7.66. The van der Waals surface area contributed by atoms with Gasteiger partial charge in [-0.3, -0.25) is 9.59 Å². The van der Waals surface area contributed by atoms with E-state index in [0.29, 0.717) is 44.1 Å². The molecule has 0 radical (unpaired) electrons. The van der Waals surface area contributed by atoms with E-state index in [1.54, 1.807) is 17.9 Å². The molecule has 1 aliphatic heterocycles. The van der Waals surface area contributed by atoms with Gasteiger partial charge >= 0.3 is 0 Å². The van der Waals surface area contributed by atoms with Crippen LogP contribution in [0.25, 0.3) is 0 Å². The molecular weight excluding hydrogens is 418 g/mol. The number of hydrogen-bond acceptors (Lipinski definition) is 5. The molecule has 0 aromatic heterocycles. The van der Waals surface area contributed by atoms with Gasteiger partial charge in [-0.15, -0.1) is 0 Å². The molecule has 0 spiro atoms. The monoisotopic (exact) mass is 451 g/mol. The Hall–Kier alpha value is -1.97. The number of nitrogens with zero attached hydrogens (tertiary/aromatic N) is 2. The van der Waals surface area contributed by atoms with Crippen LogP contribution in [0.2, 0.25) is 0 Å². The lowest BCUT2D eigenvalue weighted by Crippen LogP contribution is -2.51. The molecule has 2 aliphatic rings. The number of rotatable bonds is 8. The number of ether oxygens (including phenoxy) is 1. The molecule has 3 rings (SSSR count). The highest BCUT2D eigenvalue weighted by Gasteiger charge is 2.28. The van der Waals surface area contributed by atoms with E-state index in [2.05, 4.69) is 4.72 Å². The van der Waals surface area contributed by atoms with Crippen molar-refractivity contribution < 1.29 is 22.7 Å². The van der Waals surface area contributed by atoms with E-state index in [9.17, 15) is 18.0 Å². The molecule has 9 heteroatoms. The Labute approximate surface area is 185 Å². The first kappa shape index (κ1) is 23.7. The second-order valence-corrected chi connectivity index (χ2v) is 10.2. The minimum Gasteiger partial charge on any atom is -0.383 e. The molecule has 2 fully saturated rings. The maximum atomic E-state index is 13.1. The quantitative estimate of drug-likeness (QED) is 0.608. The summed E-state index contributed by atoms with van der Waals surface area (Å²) >= 11 is 0. The lowest BCUT2D eigenvalue weighted by Gasteiger charge is -2.35. The van der Waals surface area contributed by atoms with Crippen molar-refractivity contribution in [3.05, 3.63) is 29.3 Å². The number of carbonyl (C=O) groups is 2. The Bertz CT molecular complexity index is 888. The molecule has 0 unspecified atom stereocenters. The molecule has 1 N–H and O–H groups in total. The fourth-order valence-corrected chi connectivity index (χ4v) is 5.32. The van der Waals surface area contributed by atoms with Crippen LogP contribution in [0.1, 0.15) is 48.0 Å². The summed E-state index contributed by atoms with van der Waals surface area (Å²) in [7, 11) is -2.22. The van der Waals surface area contributed by atoms with Crippen molar-refractivity contribution in [3.63, 3.8) is 0 Å². The van der Waals surface area contributed by atoms with Gasteiger partial charge in [0.15, 0.2) is 0 Å². The zero-order chi connectivity index (χ0) is 22.4. The average molecular weight is 452 g/mol. The van der Waals surface area contributed by atoms with Crippen molar-refractivity contribution in [2.75, 3.05) is 46.4 Å². The number of piperazine rings is 1. The number of hydrogen-bond donors (Lipinski definition) is 1. The Morgan fingerprint density at radius 1 is 1.10 bits per heavy atom. The topological polar surface area (TPSA) is 96.0 Å². The summed E-state index contributed by atoms with van der Waals surface area (Å²) in [5.74, 6) is 0.497. The van der Waals surface area contributed by atoms with Crippen molar-refractivity contribution in [1.82, 2.24) is 14.5 Å². The zero-order valence-electron chi connectivity index (χ0n) is 18.4. The van der Waals surface area contributed by atoms with Crippen molar-refractivity contribution in [2.24, 2.45) is 5.92 Å². The van der Waals surface area contributed by atoms with Crippen LogP contribution in [-0.2, 0) is 19.6 Å². The molecule has 1 aliphatic carbocycles. The highest BCUT2D eigenvalue weighted by Crippen LogP contribution is 2.28. The van der Waals surface area contributed by atoms with Gasteiger partial charge in [0.05, 0.1) is 11.5 Å². The second kappa shape index (κ2) is 10.6. The maximum Gasteiger partial charge on any atom is 0.254 e. The summed E-state index contributed by atoms with van der Waals surface area (Å²) in [6, 6.07) is 4.59. The smallest absolute Gasteiger partial charge is 0.254 e. The molecule has 1 aromatic carbocycles. The number of methoxy groups -OCH3 is 1. The van der Waals surface area contributed by atoms with Crippen LogP contribution in [0.5, 0.6) is 0 Å². The number of amides is 2. The normalized spacial score (nSPS) is 17.9. The highest BCUT2D eigenvalue weighted by molar-refractivity contribution is 7.89. The van der Waals surface area contributed by atoms with Gasteiger partial charge in [0.1, 0.15) is 0 Å². The van der Waals surface area contributed by atoms with Crippen LogP contribution in [0.3, 0.4) is 0 Å². The van der Waals surface area contributed by atoms with Gasteiger partial charge in [-0.05, 0) is 43.4 Å². The van der Waals surface area contributed by atoms with Crippen molar-refractivity contribution >= 4 is 21.8 Å². The first-order valence-electron chi connectivity index (χ1n) is 11.0. The van der Waals surface area contributed by atoms with Crippen LogP contribution < -0.4 is 4.72 Å². The minimum absolute atomic E-state index is 0.0583. The van der Waals surface area contributed by atoms with Crippen LogP contribution in [0.15, 0.2) is 23.1 Å². The minimum atomic E-state index is -3.72. The van der Waals surface area contributed by atoms with E-state index in [-0.39, 0.29) is 29.9 Å². The number of nitrogens with one attached hydrogen (secondary N) is 1. The number of benzene rings is 1. The van der Waals surface area contributed by atoms with Gasteiger partial charge in [-0.1, -0.05) is 18.9 Å². The molecular formula is C22H33N3O5S. The van der Waals surface area contributed by atoms with E-state index in [1.807, 2.05) is 4.90 Å². The number of carbonyl (C=O) groups excluding carboxylic acids is 2. The summed E-state index contributed by atoms with van der Waals surface area (Å²) in [6.45, 7) is 4.17. The lowest BCUT2D eigenvalue weighted by molar-refractivity contribution is -0.133. The van der Waals surface area contributed by atoms with Crippen LogP contribution in [-0.4, -0.2) is 76.5 Å². The Morgan fingerprint density at radius 2 is 1.74 bits per heavy atom. The number of aryl methyl sites for hydroxylation is 1. The predicted molar refractivity (Wildman–Crippen MR) is 117 cm³/mol. The summed E-state index contributed by atoms with van der Waals surface area (Å²) in [5, 5.41) is 0. The van der Waals surface area contributed by atoms with Crippen molar-refractivity contribution in [2.45, 2.75) is 43.9 Å². The molecule has 1 aromatic rings. The van der Waals surface area contributed by atoms with Crippen molar-refractivity contribution in [3.8, 4) is 0 Å². The molecule has 8 nitrogen and oxygen atoms in total. The highest BCUT2D eigenvalue weighted by atomic mass is 32.2. The van der Waals surface area contributed by atoms with Crippen LogP contribution >= 0.6 is 0 Å². The Morgan fingerprint density at radius 3 is 2.39 bits per heavy atom. The van der Waals surface area contributed by atoms with Crippen LogP contribution in [0, 0.1) is 12.8 Å². The summed E-state index contributed by atoms with van der Waals surface area (Å²) in [5.41, 5.74) is 1.10. The number of sulfonamides is 1. The van der Waals surface area contributed by atoms with Gasteiger partial charge in [-0.2, -0.15) is 0 Å². The van der Waals surface area contributed by atoms with E-state index < -0.39 is 10.0 Å². The van der Waals surface area contributed by atoms with E-state index >= 15 is 0 Å². The van der Waals surface area contributed by atoms with Gasteiger partial charge in [0, 0.05) is 51.8 Å². The zero-order valence-corrected chi connectivity index (χ0v) is 19.2. The first-order valence-corrected chi connectivity index (χ1v) is 12.5. The second-order valence-electron chi connectivity index (χ2n) is 8.39. The van der Waals surface area contributed by atoms with Gasteiger partial charge < -0.3 is 14.5 Å². The Kier molecular flexibility index (Phi) is 8.07. The van der Waals surface area contributed by atoms with Gasteiger partial charge in [-0.25, -0.2) is 13.1 Å². The lowest BCUT2D eigenvalue weighted by atomic mass is 10.0. The average Bonchev–Trinajstić information content (AvgIpc) is 3.26. The van der Waals surface area contributed by atoms with Gasteiger partial charge in [0.25, 0.3) is 5.91 Å². The molecule has 31 heavy (non-hydrogen) atoms. The van der Waals surface area contributed by atoms with E-state index in [4.69, 9.17) is 4.74 Å². The fraction of sp³-hybridized carbons (Fsp3) is 0.636. The van der Waals surface area contributed by atoms with E-state index in [1.165, 1.54) is 32.1 Å². The third-order valence-electron chi connectivity index (χ3n) is 6.21. The van der Waals surface area contributed by atoms with Gasteiger partial charge in [0.2, 0.25) is 15.9 Å². The summed E-state index contributed by atoms with van der Waals surface area (Å²) in [4.78, 5) is 29.3. The van der Waals surface area contributed by atoms with Crippen molar-refractivity contribution in [1.29, 1.82) is 0 Å². The SMILES string of the molecule is COCCNS(=O)(=O)c1ccc(C)c(C(=O)N2CCN(C(=O)CC3CCCC3)CC2)c1. The third kappa shape index (κ3) is 6.05. The summed E-state index contributed by atoms with van der Waals surface area (Å²) < 4.78 is 32.3. The molecule has 1 heterocycles. The molecule has 1 saturated heterocycles. The molecule has 1 saturated carbocycles. The Balaban J connectivity index is 1.62. The van der Waals surface area contributed by atoms with E-state index in [0.717, 1.165) is 18.4 Å². The first-order chi connectivity index (χ1) is 14.8. The van der Waals surface area contributed by atoms with Crippen LogP contribution in [0.4, 0.5) is 0 Å². The molecule has 0 atom stereocenters. The molecule has 172 valence electrons. The predicted octanol–water partition coefficient (Wildman–Crippen LogP) is 1.78. The maximum absolute atomic E-state index is 13.1. The summed E-state index contributed by atoms with van der Waals surface area (Å²) in [6.07, 6.45) is 5.33. The largest absolute Gasteiger partial charge is 0.383 e. The fourth-order valence-electron chi connectivity index (χ4n) is 4.28. The molecule has 2 amide bonds. The standard InChI is InChI=1S/C22H33N3O5S/c1-17-7-8-19(31(28,29)23-9-14-30-2)16-20(17)22(27)25-12-10-24(11-13-25)21(26)15-18-5-3-4-6-18/h7-8,16,18,23H,3-6,9-15H2,1-2H3. The molecule has 0 bridgehead atoms.